The molecule has 1 unspecified atom stereocenters. The first-order valence-electron chi connectivity index (χ1n) is 10.9. The van der Waals surface area contributed by atoms with Gasteiger partial charge in [-0.15, -0.1) is 0 Å². The van der Waals surface area contributed by atoms with Gasteiger partial charge in [-0.2, -0.15) is 0 Å². The summed E-state index contributed by atoms with van der Waals surface area (Å²) in [5.41, 5.74) is 2.41. The maximum absolute atomic E-state index is 13.1. The predicted octanol–water partition coefficient (Wildman–Crippen LogP) is 2.07. The molecule has 2 aromatic heterocycles. The average molecular weight is 414 g/mol. The van der Waals surface area contributed by atoms with Crippen LogP contribution in [-0.4, -0.2) is 55.8 Å². The minimum atomic E-state index is -0.401. The van der Waals surface area contributed by atoms with Crippen LogP contribution in [0.3, 0.4) is 0 Å². The zero-order chi connectivity index (χ0) is 21.6. The fraction of sp³-hybridized carbons (Fsp3) is 0.636. The molecule has 0 bridgehead atoms. The lowest BCUT2D eigenvalue weighted by Gasteiger charge is -2.36. The van der Waals surface area contributed by atoms with Crippen molar-refractivity contribution in [1.82, 2.24) is 24.4 Å². The largest absolute Gasteiger partial charge is 0.342 e. The second-order valence-corrected chi connectivity index (χ2v) is 9.51. The highest BCUT2D eigenvalue weighted by Crippen LogP contribution is 2.29. The van der Waals surface area contributed by atoms with E-state index >= 15 is 0 Å². The standard InChI is InChI=1S/C22H31N5O3/c1-5-19(28)25-10-8-16-15(13-25)20(29)27-18(23-16)11-17(24-27)14-7-6-9-26(12-14)21(30)22(2,3)4/h11,14,24H,5-10,12-13H2,1-4H3. The number of carbonyl (C=O) groups is 2. The van der Waals surface area contributed by atoms with Crippen molar-refractivity contribution in [1.29, 1.82) is 0 Å². The highest BCUT2D eigenvalue weighted by atomic mass is 16.2. The summed E-state index contributed by atoms with van der Waals surface area (Å²) < 4.78 is 1.50. The number of nitrogens with one attached hydrogen (secondary N) is 1. The third-order valence-corrected chi connectivity index (χ3v) is 6.23. The number of rotatable bonds is 2. The van der Waals surface area contributed by atoms with Crippen molar-refractivity contribution in [3.8, 4) is 0 Å². The van der Waals surface area contributed by atoms with E-state index < -0.39 is 5.41 Å². The van der Waals surface area contributed by atoms with Gasteiger partial charge in [-0.25, -0.2) is 9.50 Å². The number of hydrogen-bond acceptors (Lipinski definition) is 4. The smallest absolute Gasteiger partial charge is 0.277 e. The van der Waals surface area contributed by atoms with Gasteiger partial charge in [-0.1, -0.05) is 27.7 Å². The third kappa shape index (κ3) is 3.63. The molecule has 4 rings (SSSR count). The van der Waals surface area contributed by atoms with E-state index in [1.54, 1.807) is 4.90 Å². The molecule has 2 aliphatic rings. The van der Waals surface area contributed by atoms with Gasteiger partial charge in [-0.3, -0.25) is 19.5 Å². The number of aromatic nitrogens is 3. The van der Waals surface area contributed by atoms with Gasteiger partial charge >= 0.3 is 0 Å². The molecule has 1 atom stereocenters. The second kappa shape index (κ2) is 7.56. The van der Waals surface area contributed by atoms with Crippen molar-refractivity contribution in [2.24, 2.45) is 5.41 Å². The fourth-order valence-corrected chi connectivity index (χ4v) is 4.54. The van der Waals surface area contributed by atoms with Crippen LogP contribution < -0.4 is 5.56 Å². The average Bonchev–Trinajstić information content (AvgIpc) is 3.16. The molecule has 0 aromatic carbocycles. The van der Waals surface area contributed by atoms with Crippen molar-refractivity contribution < 1.29 is 9.59 Å². The molecule has 0 aliphatic carbocycles. The molecule has 2 amide bonds. The van der Waals surface area contributed by atoms with E-state index in [1.165, 1.54) is 4.52 Å². The Hall–Kier alpha value is -2.64. The topological polar surface area (TPSA) is 90.8 Å². The maximum Gasteiger partial charge on any atom is 0.277 e. The van der Waals surface area contributed by atoms with Gasteiger partial charge in [0.05, 0.1) is 17.8 Å². The highest BCUT2D eigenvalue weighted by Gasteiger charge is 2.32. The number of fused-ring (bicyclic) bond motifs is 2. The lowest BCUT2D eigenvalue weighted by Crippen LogP contribution is -2.44. The van der Waals surface area contributed by atoms with Gasteiger partial charge in [0.1, 0.15) is 0 Å². The Morgan fingerprint density at radius 2 is 2.00 bits per heavy atom. The van der Waals surface area contributed by atoms with E-state index in [1.807, 2.05) is 38.7 Å². The number of hydrogen-bond donors (Lipinski definition) is 1. The minimum absolute atomic E-state index is 0.0585. The van der Waals surface area contributed by atoms with Crippen LogP contribution in [-0.2, 0) is 22.6 Å². The van der Waals surface area contributed by atoms with Gasteiger partial charge in [0.2, 0.25) is 11.8 Å². The number of piperidine rings is 1. The molecule has 2 aliphatic heterocycles. The van der Waals surface area contributed by atoms with E-state index in [2.05, 4.69) is 5.10 Å². The van der Waals surface area contributed by atoms with Crippen LogP contribution >= 0.6 is 0 Å². The number of amides is 2. The summed E-state index contributed by atoms with van der Waals surface area (Å²) in [6, 6.07) is 1.95. The number of carbonyl (C=O) groups excluding carboxylic acids is 2. The molecule has 1 fully saturated rings. The summed E-state index contributed by atoms with van der Waals surface area (Å²) in [4.78, 5) is 46.3. The predicted molar refractivity (Wildman–Crippen MR) is 113 cm³/mol. The summed E-state index contributed by atoms with van der Waals surface area (Å²) in [5, 5.41) is 3.24. The van der Waals surface area contributed by atoms with Crippen molar-refractivity contribution >= 4 is 17.5 Å². The molecule has 30 heavy (non-hydrogen) atoms. The summed E-state index contributed by atoms with van der Waals surface area (Å²) >= 11 is 0. The van der Waals surface area contributed by atoms with Crippen LogP contribution in [0.4, 0.5) is 0 Å². The van der Waals surface area contributed by atoms with Gasteiger partial charge in [0.15, 0.2) is 5.65 Å². The Morgan fingerprint density at radius 1 is 1.23 bits per heavy atom. The number of nitrogens with zero attached hydrogens (tertiary/aromatic N) is 4. The Bertz CT molecular complexity index is 1050. The summed E-state index contributed by atoms with van der Waals surface area (Å²) in [7, 11) is 0. The van der Waals surface area contributed by atoms with Crippen LogP contribution in [0.1, 0.15) is 69.8 Å². The molecule has 1 saturated heterocycles. The molecule has 8 nitrogen and oxygen atoms in total. The van der Waals surface area contributed by atoms with Crippen LogP contribution in [0.5, 0.6) is 0 Å². The van der Waals surface area contributed by atoms with Crippen LogP contribution in [0.15, 0.2) is 10.9 Å². The van der Waals surface area contributed by atoms with E-state index in [-0.39, 0.29) is 23.3 Å². The summed E-state index contributed by atoms with van der Waals surface area (Å²) in [6.07, 6.45) is 2.94. The van der Waals surface area contributed by atoms with Gasteiger partial charge in [0, 0.05) is 55.6 Å². The Morgan fingerprint density at radius 3 is 2.70 bits per heavy atom. The minimum Gasteiger partial charge on any atom is -0.342 e. The number of likely N-dealkylation sites (tertiary alicyclic amines) is 1. The third-order valence-electron chi connectivity index (χ3n) is 6.23. The molecule has 8 heteroatoms. The zero-order valence-electron chi connectivity index (χ0n) is 18.3. The lowest BCUT2D eigenvalue weighted by molar-refractivity contribution is -0.140. The molecule has 4 heterocycles. The van der Waals surface area contributed by atoms with Crippen LogP contribution in [0.25, 0.3) is 5.65 Å². The lowest BCUT2D eigenvalue weighted by atomic mass is 9.90. The van der Waals surface area contributed by atoms with Gasteiger partial charge in [0.25, 0.3) is 5.56 Å². The Labute approximate surface area is 176 Å². The molecule has 162 valence electrons. The number of H-pyrrole nitrogens is 1. The van der Waals surface area contributed by atoms with E-state index in [9.17, 15) is 14.4 Å². The normalized spacial score (nSPS) is 19.8. The molecular weight excluding hydrogens is 382 g/mol. The Kier molecular flexibility index (Phi) is 5.20. The monoisotopic (exact) mass is 413 g/mol. The van der Waals surface area contributed by atoms with Crippen LogP contribution in [0.2, 0.25) is 0 Å². The highest BCUT2D eigenvalue weighted by molar-refractivity contribution is 5.81. The molecule has 1 N–H and O–H groups in total. The first-order chi connectivity index (χ1) is 14.2. The first-order valence-corrected chi connectivity index (χ1v) is 10.9. The van der Waals surface area contributed by atoms with E-state index in [0.29, 0.717) is 43.7 Å². The molecule has 0 saturated carbocycles. The summed E-state index contributed by atoms with van der Waals surface area (Å²) in [5.74, 6) is 0.374. The summed E-state index contributed by atoms with van der Waals surface area (Å²) in [6.45, 7) is 10.0. The van der Waals surface area contributed by atoms with Crippen LogP contribution in [0, 0.1) is 5.41 Å². The molecule has 2 aromatic rings. The molecular formula is C22H31N5O3. The number of aromatic amines is 1. The maximum atomic E-state index is 13.1. The molecule has 0 spiro atoms. The van der Waals surface area contributed by atoms with Crippen molar-refractivity contribution in [3.63, 3.8) is 0 Å². The van der Waals surface area contributed by atoms with E-state index in [4.69, 9.17) is 4.98 Å². The first kappa shape index (κ1) is 20.6. The van der Waals surface area contributed by atoms with Gasteiger partial charge in [-0.05, 0) is 12.8 Å². The fourth-order valence-electron chi connectivity index (χ4n) is 4.54. The van der Waals surface area contributed by atoms with E-state index in [0.717, 1.165) is 30.8 Å². The SMILES string of the molecule is CCC(=O)N1CCc2nc3cc(C4CCCN(C(=O)C(C)(C)C)C4)[nH]n3c(=O)c2C1. The van der Waals surface area contributed by atoms with Crippen molar-refractivity contribution in [3.05, 3.63) is 33.4 Å². The van der Waals surface area contributed by atoms with Crippen molar-refractivity contribution in [2.75, 3.05) is 19.6 Å². The Balaban J connectivity index is 1.63. The van der Waals surface area contributed by atoms with Gasteiger partial charge < -0.3 is 9.80 Å². The second-order valence-electron chi connectivity index (χ2n) is 9.51. The quantitative estimate of drug-likeness (QED) is 0.816. The van der Waals surface area contributed by atoms with Crippen molar-refractivity contribution in [2.45, 2.75) is 65.8 Å². The molecule has 0 radical (unpaired) electrons. The zero-order valence-corrected chi connectivity index (χ0v) is 18.3.